The monoisotopic (exact) mass is 445 g/mol. The molecule has 1 aromatic heterocycles. The second-order valence-corrected chi connectivity index (χ2v) is 12.7. The quantitative estimate of drug-likeness (QED) is 0.586. The van der Waals surface area contributed by atoms with Gasteiger partial charge in [0.1, 0.15) is 4.21 Å². The lowest BCUT2D eigenvalue weighted by Gasteiger charge is -2.20. The molecule has 1 saturated carbocycles. The zero-order chi connectivity index (χ0) is 21.7. The van der Waals surface area contributed by atoms with Crippen molar-refractivity contribution in [1.29, 1.82) is 4.78 Å². The van der Waals surface area contributed by atoms with E-state index in [9.17, 15) is 14.1 Å². The summed E-state index contributed by atoms with van der Waals surface area (Å²) in [5, 5.41) is 11.9. The van der Waals surface area contributed by atoms with Crippen LogP contribution in [0.4, 0.5) is 0 Å². The first-order chi connectivity index (χ1) is 14.1. The Hall–Kier alpha value is -1.50. The van der Waals surface area contributed by atoms with Crippen LogP contribution < -0.4 is 0 Å². The van der Waals surface area contributed by atoms with E-state index in [-0.39, 0.29) is 18.0 Å². The number of carbonyl (C=O) groups excluding carboxylic acids is 1. The third-order valence-electron chi connectivity index (χ3n) is 6.60. The molecule has 2 aromatic rings. The maximum absolute atomic E-state index is 13.1. The van der Waals surface area contributed by atoms with Crippen LogP contribution in [0.15, 0.2) is 27.8 Å². The standard InChI is InChI=1S/C24H31NO3S2/c1-15(16-7-8-16)20-10-9-17-5-4-6-21(17)22(20)12-19(26)14-30(25,28)23-11-18(13-29-23)24(2,3)27/h9-11,13,15-16,25,27H,4-8,12,14H2,1-3H3. The highest BCUT2D eigenvalue weighted by molar-refractivity contribution is 7.95. The molecule has 1 heterocycles. The average Bonchev–Trinajstić information content (AvgIpc) is 3.16. The Labute approximate surface area is 183 Å². The molecule has 162 valence electrons. The first kappa shape index (κ1) is 21.7. The summed E-state index contributed by atoms with van der Waals surface area (Å²) >= 11 is 1.20. The first-order valence-electron chi connectivity index (χ1n) is 10.8. The molecule has 0 amide bonds. The molecule has 0 aliphatic heterocycles. The molecule has 0 bridgehead atoms. The normalized spacial score (nSPS) is 19.3. The Morgan fingerprint density at radius 2 is 2.07 bits per heavy atom. The van der Waals surface area contributed by atoms with Crippen LogP contribution in [-0.4, -0.2) is 20.9 Å². The molecule has 1 fully saturated rings. The molecular formula is C24H31NO3S2. The molecule has 2 aliphatic rings. The number of Topliss-reactive ketones (excluding diaryl/α,β-unsaturated/α-hetero) is 1. The number of benzene rings is 1. The largest absolute Gasteiger partial charge is 0.386 e. The fourth-order valence-electron chi connectivity index (χ4n) is 4.60. The molecule has 4 rings (SSSR count). The molecule has 2 aliphatic carbocycles. The zero-order valence-corrected chi connectivity index (χ0v) is 19.6. The van der Waals surface area contributed by atoms with E-state index in [1.54, 1.807) is 25.3 Å². The van der Waals surface area contributed by atoms with Gasteiger partial charge in [0, 0.05) is 6.42 Å². The molecule has 0 radical (unpaired) electrons. The van der Waals surface area contributed by atoms with Gasteiger partial charge in [0.2, 0.25) is 0 Å². The summed E-state index contributed by atoms with van der Waals surface area (Å²) in [6.45, 7) is 5.59. The van der Waals surface area contributed by atoms with Crippen molar-refractivity contribution in [3.05, 3.63) is 51.4 Å². The van der Waals surface area contributed by atoms with Gasteiger partial charge < -0.3 is 5.11 Å². The van der Waals surface area contributed by atoms with E-state index in [4.69, 9.17) is 4.78 Å². The van der Waals surface area contributed by atoms with E-state index < -0.39 is 15.3 Å². The van der Waals surface area contributed by atoms with Crippen LogP contribution in [0.1, 0.15) is 73.8 Å². The van der Waals surface area contributed by atoms with Crippen molar-refractivity contribution < 1.29 is 14.1 Å². The fraction of sp³-hybridized carbons (Fsp3) is 0.542. The van der Waals surface area contributed by atoms with Gasteiger partial charge in [-0.2, -0.15) is 0 Å². The van der Waals surface area contributed by atoms with Gasteiger partial charge in [-0.15, -0.1) is 11.3 Å². The Morgan fingerprint density at radius 1 is 1.33 bits per heavy atom. The second-order valence-electron chi connectivity index (χ2n) is 9.50. The summed E-state index contributed by atoms with van der Waals surface area (Å²) in [7, 11) is -3.21. The predicted molar refractivity (Wildman–Crippen MR) is 122 cm³/mol. The smallest absolute Gasteiger partial charge is 0.151 e. The number of ketones is 1. The summed E-state index contributed by atoms with van der Waals surface area (Å²) < 4.78 is 21.8. The van der Waals surface area contributed by atoms with Crippen LogP contribution in [0.3, 0.4) is 0 Å². The number of nitrogens with one attached hydrogen (secondary N) is 1. The first-order valence-corrected chi connectivity index (χ1v) is 13.4. The van der Waals surface area contributed by atoms with Crippen molar-refractivity contribution in [2.24, 2.45) is 5.92 Å². The third kappa shape index (κ3) is 4.41. The third-order valence-corrected chi connectivity index (χ3v) is 9.92. The molecular weight excluding hydrogens is 414 g/mol. The topological polar surface area (TPSA) is 78.2 Å². The Bertz CT molecular complexity index is 1070. The number of aryl methyl sites for hydroxylation is 1. The lowest BCUT2D eigenvalue weighted by atomic mass is 9.86. The number of fused-ring (bicyclic) bond motifs is 1. The van der Waals surface area contributed by atoms with E-state index >= 15 is 0 Å². The maximum atomic E-state index is 13.1. The maximum Gasteiger partial charge on any atom is 0.151 e. The number of carbonyl (C=O) groups is 1. The molecule has 1 aromatic carbocycles. The fourth-order valence-corrected chi connectivity index (χ4v) is 7.36. The minimum absolute atomic E-state index is 0.127. The average molecular weight is 446 g/mol. The molecule has 2 atom stereocenters. The summed E-state index contributed by atoms with van der Waals surface area (Å²) in [5.74, 6) is 0.772. The number of aliphatic hydroxyl groups is 1. The van der Waals surface area contributed by atoms with Crippen molar-refractivity contribution in [2.45, 2.75) is 75.0 Å². The van der Waals surface area contributed by atoms with Gasteiger partial charge in [0.25, 0.3) is 0 Å². The van der Waals surface area contributed by atoms with Gasteiger partial charge >= 0.3 is 0 Å². The van der Waals surface area contributed by atoms with E-state index in [2.05, 4.69) is 19.1 Å². The summed E-state index contributed by atoms with van der Waals surface area (Å²) in [6.07, 6.45) is 6.00. The predicted octanol–water partition coefficient (Wildman–Crippen LogP) is 5.20. The molecule has 6 heteroatoms. The minimum Gasteiger partial charge on any atom is -0.386 e. The van der Waals surface area contributed by atoms with Gasteiger partial charge in [0.15, 0.2) is 5.78 Å². The highest BCUT2D eigenvalue weighted by Crippen LogP contribution is 2.44. The number of hydrogen-bond acceptors (Lipinski definition) is 5. The summed E-state index contributed by atoms with van der Waals surface area (Å²) in [4.78, 5) is 13.0. The molecule has 2 N–H and O–H groups in total. The second kappa shape index (κ2) is 7.88. The molecule has 30 heavy (non-hydrogen) atoms. The Balaban J connectivity index is 1.57. The van der Waals surface area contributed by atoms with Crippen LogP contribution in [0, 0.1) is 10.7 Å². The Kier molecular flexibility index (Phi) is 5.71. The highest BCUT2D eigenvalue weighted by Gasteiger charge is 2.32. The number of rotatable bonds is 8. The van der Waals surface area contributed by atoms with E-state index in [0.29, 0.717) is 21.6 Å². The van der Waals surface area contributed by atoms with Crippen molar-refractivity contribution >= 4 is 26.8 Å². The minimum atomic E-state index is -3.21. The highest BCUT2D eigenvalue weighted by atomic mass is 32.2. The van der Waals surface area contributed by atoms with Gasteiger partial charge in [-0.25, -0.2) is 8.99 Å². The summed E-state index contributed by atoms with van der Waals surface area (Å²) in [5.41, 5.74) is 4.69. The van der Waals surface area contributed by atoms with E-state index in [1.165, 1.54) is 40.9 Å². The van der Waals surface area contributed by atoms with Crippen molar-refractivity contribution in [2.75, 3.05) is 5.75 Å². The zero-order valence-electron chi connectivity index (χ0n) is 18.0. The van der Waals surface area contributed by atoms with Gasteiger partial charge in [-0.1, -0.05) is 19.1 Å². The molecule has 0 spiro atoms. The van der Waals surface area contributed by atoms with Gasteiger partial charge in [0.05, 0.1) is 21.1 Å². The SMILES string of the molecule is CC(c1ccc2c(c1CC(=O)CS(=N)(=O)c1cc(C(C)(C)O)cs1)CCC2)C1CC1. The number of thiophene rings is 1. The lowest BCUT2D eigenvalue weighted by molar-refractivity contribution is -0.116. The van der Waals surface area contributed by atoms with Gasteiger partial charge in [-0.05, 0) is 97.1 Å². The van der Waals surface area contributed by atoms with Crippen LogP contribution in [0.2, 0.25) is 0 Å². The van der Waals surface area contributed by atoms with E-state index in [0.717, 1.165) is 24.8 Å². The van der Waals surface area contributed by atoms with Crippen LogP contribution in [-0.2, 0) is 39.4 Å². The molecule has 2 unspecified atom stereocenters. The van der Waals surface area contributed by atoms with Crippen molar-refractivity contribution in [1.82, 2.24) is 0 Å². The van der Waals surface area contributed by atoms with Crippen LogP contribution in [0.5, 0.6) is 0 Å². The summed E-state index contributed by atoms with van der Waals surface area (Å²) in [6, 6.07) is 6.07. The molecule has 4 nitrogen and oxygen atoms in total. The Morgan fingerprint density at radius 3 is 2.70 bits per heavy atom. The van der Waals surface area contributed by atoms with Crippen molar-refractivity contribution in [3.63, 3.8) is 0 Å². The van der Waals surface area contributed by atoms with Gasteiger partial charge in [-0.3, -0.25) is 4.79 Å². The van der Waals surface area contributed by atoms with Crippen molar-refractivity contribution in [3.8, 4) is 0 Å². The molecule has 0 saturated heterocycles. The van der Waals surface area contributed by atoms with Crippen LogP contribution in [0.25, 0.3) is 0 Å². The van der Waals surface area contributed by atoms with Crippen LogP contribution >= 0.6 is 11.3 Å². The van der Waals surface area contributed by atoms with E-state index in [1.807, 2.05) is 0 Å². The lowest BCUT2D eigenvalue weighted by Crippen LogP contribution is -2.19. The number of hydrogen-bond donors (Lipinski definition) is 2.